The smallest absolute Gasteiger partial charge is 0.344 e. The maximum absolute atomic E-state index is 11.5. The fourth-order valence-electron chi connectivity index (χ4n) is 1.41. The summed E-state index contributed by atoms with van der Waals surface area (Å²) in [5.41, 5.74) is 1.05. The number of hydrogen-bond acceptors (Lipinski definition) is 5. The zero-order chi connectivity index (χ0) is 16.5. The van der Waals surface area contributed by atoms with Crippen LogP contribution < -0.4 is 15.4 Å². The summed E-state index contributed by atoms with van der Waals surface area (Å²) in [5, 5.41) is 4.39. The zero-order valence-corrected chi connectivity index (χ0v) is 13.9. The maximum Gasteiger partial charge on any atom is 0.344 e. The van der Waals surface area contributed by atoms with Crippen LogP contribution in [0, 0.1) is 6.92 Å². The number of carbonyl (C=O) groups excluding carboxylic acids is 3. The van der Waals surface area contributed by atoms with Crippen molar-refractivity contribution in [3.8, 4) is 5.75 Å². The molecule has 0 fully saturated rings. The summed E-state index contributed by atoms with van der Waals surface area (Å²) in [7, 11) is 0. The van der Waals surface area contributed by atoms with Crippen LogP contribution in [0.25, 0.3) is 0 Å². The Morgan fingerprint density at radius 2 is 1.95 bits per heavy atom. The summed E-state index contributed by atoms with van der Waals surface area (Å²) in [5.74, 6) is -0.927. The molecule has 0 aliphatic rings. The highest BCUT2D eigenvalue weighted by Gasteiger charge is 2.11. The van der Waals surface area contributed by atoms with E-state index in [9.17, 15) is 14.4 Å². The summed E-state index contributed by atoms with van der Waals surface area (Å²) < 4.78 is 10.7. The minimum Gasteiger partial charge on any atom is -0.481 e. The highest BCUT2D eigenvalue weighted by atomic mass is 79.9. The van der Waals surface area contributed by atoms with Crippen molar-refractivity contribution >= 4 is 33.8 Å². The van der Waals surface area contributed by atoms with E-state index in [0.29, 0.717) is 16.8 Å². The molecule has 2 N–H and O–H groups in total. The summed E-state index contributed by atoms with van der Waals surface area (Å²) in [6.45, 7) is 3.14. The number of hydrogen-bond donors (Lipinski definition) is 2. The molecule has 0 aliphatic carbocycles. The van der Waals surface area contributed by atoms with Crippen LogP contribution in [0.5, 0.6) is 5.75 Å². The average molecular weight is 373 g/mol. The van der Waals surface area contributed by atoms with E-state index < -0.39 is 24.5 Å². The molecule has 7 nitrogen and oxygen atoms in total. The molecule has 0 aromatic heterocycles. The number of esters is 1. The number of benzene rings is 1. The number of carbonyl (C=O) groups is 3. The molecule has 0 aliphatic heterocycles. The van der Waals surface area contributed by atoms with Crippen LogP contribution in [0.3, 0.4) is 0 Å². The average Bonchev–Trinajstić information content (AvgIpc) is 2.44. The largest absolute Gasteiger partial charge is 0.481 e. The van der Waals surface area contributed by atoms with Crippen LogP contribution >= 0.6 is 15.9 Å². The normalized spacial score (nSPS) is 9.77. The second-order valence-electron chi connectivity index (χ2n) is 4.29. The Morgan fingerprint density at radius 1 is 1.23 bits per heavy atom. The lowest BCUT2D eigenvalue weighted by atomic mass is 10.2. The van der Waals surface area contributed by atoms with Crippen molar-refractivity contribution in [3.05, 3.63) is 28.2 Å². The van der Waals surface area contributed by atoms with Gasteiger partial charge in [0.15, 0.2) is 13.2 Å². The van der Waals surface area contributed by atoms with Gasteiger partial charge in [0, 0.05) is 6.54 Å². The van der Waals surface area contributed by atoms with Crippen LogP contribution in [-0.2, 0) is 14.3 Å². The topological polar surface area (TPSA) is 93.7 Å². The lowest BCUT2D eigenvalue weighted by Crippen LogP contribution is -2.41. The van der Waals surface area contributed by atoms with Crippen LogP contribution in [0.2, 0.25) is 0 Å². The molecule has 1 rings (SSSR count). The quantitative estimate of drug-likeness (QED) is 0.738. The number of urea groups is 1. The van der Waals surface area contributed by atoms with E-state index in [1.165, 1.54) is 0 Å². The minimum absolute atomic E-state index is 0.337. The lowest BCUT2D eigenvalue weighted by molar-refractivity contribution is -0.150. The molecule has 1 aromatic carbocycles. The van der Waals surface area contributed by atoms with Gasteiger partial charge in [-0.1, -0.05) is 6.07 Å². The molecular formula is C14H17BrN2O5. The van der Waals surface area contributed by atoms with Gasteiger partial charge in [-0.2, -0.15) is 0 Å². The predicted octanol–water partition coefficient (Wildman–Crippen LogP) is 1.53. The first-order valence-corrected chi connectivity index (χ1v) is 7.34. The fraction of sp³-hybridized carbons (Fsp3) is 0.357. The predicted molar refractivity (Wildman–Crippen MR) is 82.5 cm³/mol. The third-order valence-corrected chi connectivity index (χ3v) is 3.01. The van der Waals surface area contributed by atoms with Gasteiger partial charge in [0.05, 0.1) is 4.47 Å². The van der Waals surface area contributed by atoms with Gasteiger partial charge in [-0.3, -0.25) is 10.1 Å². The van der Waals surface area contributed by atoms with E-state index in [2.05, 4.69) is 21.2 Å². The molecule has 3 amide bonds. The molecule has 120 valence electrons. The summed E-state index contributed by atoms with van der Waals surface area (Å²) in [6, 6.07) is 4.77. The van der Waals surface area contributed by atoms with E-state index in [0.717, 1.165) is 5.56 Å². The number of halogens is 1. The number of nitrogens with one attached hydrogen (secondary N) is 2. The minimum atomic E-state index is -0.712. The fourth-order valence-corrected chi connectivity index (χ4v) is 2.02. The van der Waals surface area contributed by atoms with Crippen molar-refractivity contribution in [2.75, 3.05) is 19.8 Å². The van der Waals surface area contributed by atoms with Gasteiger partial charge in [-0.05, 0) is 47.5 Å². The Morgan fingerprint density at radius 3 is 2.59 bits per heavy atom. The highest BCUT2D eigenvalue weighted by Crippen LogP contribution is 2.25. The maximum atomic E-state index is 11.5. The van der Waals surface area contributed by atoms with Crippen molar-refractivity contribution < 1.29 is 23.9 Å². The first-order chi connectivity index (χ1) is 10.4. The monoisotopic (exact) mass is 372 g/mol. The van der Waals surface area contributed by atoms with Crippen molar-refractivity contribution in [2.45, 2.75) is 13.8 Å². The van der Waals surface area contributed by atoms with Crippen molar-refractivity contribution in [2.24, 2.45) is 0 Å². The number of amides is 3. The molecule has 8 heteroatoms. The number of imide groups is 1. The second-order valence-corrected chi connectivity index (χ2v) is 5.15. The molecule has 0 saturated heterocycles. The van der Waals surface area contributed by atoms with Gasteiger partial charge in [0.25, 0.3) is 5.91 Å². The first kappa shape index (κ1) is 18.0. The zero-order valence-electron chi connectivity index (χ0n) is 12.3. The van der Waals surface area contributed by atoms with Crippen LogP contribution in [0.1, 0.15) is 12.5 Å². The summed E-state index contributed by atoms with van der Waals surface area (Å²) >= 11 is 3.32. The molecular weight excluding hydrogens is 356 g/mol. The van der Waals surface area contributed by atoms with E-state index in [1.807, 2.05) is 24.4 Å². The van der Waals surface area contributed by atoms with Gasteiger partial charge in [0.1, 0.15) is 5.75 Å². The Kier molecular flexibility index (Phi) is 7.38. The van der Waals surface area contributed by atoms with E-state index in [1.54, 1.807) is 13.0 Å². The highest BCUT2D eigenvalue weighted by molar-refractivity contribution is 9.10. The lowest BCUT2D eigenvalue weighted by Gasteiger charge is -2.09. The summed E-state index contributed by atoms with van der Waals surface area (Å²) in [4.78, 5) is 33.8. The van der Waals surface area contributed by atoms with E-state index in [4.69, 9.17) is 9.47 Å². The molecule has 0 unspecified atom stereocenters. The Balaban J connectivity index is 2.31. The molecule has 0 saturated carbocycles. The van der Waals surface area contributed by atoms with Crippen molar-refractivity contribution in [3.63, 3.8) is 0 Å². The van der Waals surface area contributed by atoms with Crippen LogP contribution in [-0.4, -0.2) is 37.7 Å². The van der Waals surface area contributed by atoms with Gasteiger partial charge < -0.3 is 14.8 Å². The standard InChI is InChI=1S/C14H17BrN2O5/c1-3-16-14(20)17-12(18)7-22-13(19)8-21-11-5-4-9(2)6-10(11)15/h4-6H,3,7-8H2,1-2H3,(H2,16,17,18,20). The van der Waals surface area contributed by atoms with Crippen molar-refractivity contribution in [1.29, 1.82) is 0 Å². The molecule has 0 spiro atoms. The van der Waals surface area contributed by atoms with Gasteiger partial charge in [-0.25, -0.2) is 9.59 Å². The number of rotatable bonds is 6. The van der Waals surface area contributed by atoms with E-state index in [-0.39, 0.29) is 6.61 Å². The molecule has 1 aromatic rings. The first-order valence-electron chi connectivity index (χ1n) is 6.54. The molecule has 0 radical (unpaired) electrons. The van der Waals surface area contributed by atoms with Crippen molar-refractivity contribution in [1.82, 2.24) is 10.6 Å². The number of ether oxygens (including phenoxy) is 2. The Bertz CT molecular complexity index is 562. The molecule has 22 heavy (non-hydrogen) atoms. The Hall–Kier alpha value is -2.09. The van der Waals surface area contributed by atoms with Gasteiger partial charge >= 0.3 is 12.0 Å². The second kappa shape index (κ2) is 9.04. The van der Waals surface area contributed by atoms with Crippen LogP contribution in [0.4, 0.5) is 4.79 Å². The molecule has 0 bridgehead atoms. The van der Waals surface area contributed by atoms with Gasteiger partial charge in [-0.15, -0.1) is 0 Å². The summed E-state index contributed by atoms with van der Waals surface area (Å²) in [6.07, 6.45) is 0. The third-order valence-electron chi connectivity index (χ3n) is 2.39. The van der Waals surface area contributed by atoms with Gasteiger partial charge in [0.2, 0.25) is 0 Å². The Labute approximate surface area is 136 Å². The SMILES string of the molecule is CCNC(=O)NC(=O)COC(=O)COc1ccc(C)cc1Br. The number of aryl methyl sites for hydroxylation is 1. The molecule has 0 atom stereocenters. The third kappa shape index (κ3) is 6.57. The van der Waals surface area contributed by atoms with Crippen LogP contribution in [0.15, 0.2) is 22.7 Å². The van der Waals surface area contributed by atoms with E-state index >= 15 is 0 Å². The molecule has 0 heterocycles.